The molecule has 2 aromatic carbocycles. The van der Waals surface area contributed by atoms with Gasteiger partial charge < -0.3 is 19.6 Å². The minimum Gasteiger partial charge on any atom is -0.371 e. The zero-order chi connectivity index (χ0) is 26.4. The van der Waals surface area contributed by atoms with Crippen molar-refractivity contribution in [3.63, 3.8) is 0 Å². The molecule has 37 heavy (non-hydrogen) atoms. The Labute approximate surface area is 223 Å². The number of hydrogen-bond acceptors (Lipinski definition) is 4. The number of para-hydroxylation sites is 1. The number of carbonyl (C=O) groups is 2. The molecule has 6 heteroatoms. The van der Waals surface area contributed by atoms with E-state index in [0.29, 0.717) is 32.0 Å². The van der Waals surface area contributed by atoms with Crippen LogP contribution in [0, 0.1) is 12.8 Å². The monoisotopic (exact) mass is 504 g/mol. The van der Waals surface area contributed by atoms with Crippen molar-refractivity contribution in [3.8, 4) is 0 Å². The second-order valence-corrected chi connectivity index (χ2v) is 11.2. The van der Waals surface area contributed by atoms with Gasteiger partial charge in [0.25, 0.3) is 5.91 Å². The molecular weight excluding hydrogens is 460 g/mol. The summed E-state index contributed by atoms with van der Waals surface area (Å²) in [6.45, 7) is 11.9. The van der Waals surface area contributed by atoms with Crippen molar-refractivity contribution >= 4 is 23.2 Å². The predicted molar refractivity (Wildman–Crippen MR) is 152 cm³/mol. The second kappa shape index (κ2) is 12.6. The molecule has 0 unspecified atom stereocenters. The Balaban J connectivity index is 1.65. The van der Waals surface area contributed by atoms with Crippen LogP contribution in [0.1, 0.15) is 67.4 Å². The molecule has 0 bridgehead atoms. The van der Waals surface area contributed by atoms with E-state index in [4.69, 9.17) is 0 Å². The van der Waals surface area contributed by atoms with E-state index < -0.39 is 0 Å². The fourth-order valence-corrected chi connectivity index (χ4v) is 5.51. The summed E-state index contributed by atoms with van der Waals surface area (Å²) in [5.74, 6) is 0.516. The Morgan fingerprint density at radius 3 is 2.35 bits per heavy atom. The highest BCUT2D eigenvalue weighted by atomic mass is 16.2. The predicted octanol–water partition coefficient (Wildman–Crippen LogP) is 5.34. The molecule has 2 aliphatic heterocycles. The summed E-state index contributed by atoms with van der Waals surface area (Å²) in [4.78, 5) is 35.9. The highest BCUT2D eigenvalue weighted by Crippen LogP contribution is 2.28. The standard InChI is InChI=1S/C31H44N4O2/c1-24(2)21-30(36)35-18-10-15-32(4)19-20-34(23-27-11-6-7-12-28(27)35)31(37)26-14-13-25(3)29(22-26)33-16-8-5-9-17-33/h6-7,11-14,22,24H,5,8-10,15-21,23H2,1-4H3. The first-order chi connectivity index (χ1) is 17.8. The molecule has 0 aliphatic carbocycles. The summed E-state index contributed by atoms with van der Waals surface area (Å²) in [6.07, 6.45) is 5.12. The zero-order valence-corrected chi connectivity index (χ0v) is 23.2. The molecule has 0 spiro atoms. The van der Waals surface area contributed by atoms with E-state index in [1.807, 2.05) is 34.1 Å². The summed E-state index contributed by atoms with van der Waals surface area (Å²) >= 11 is 0. The quantitative estimate of drug-likeness (QED) is 0.564. The number of rotatable bonds is 4. The van der Waals surface area contributed by atoms with Crippen LogP contribution in [0.3, 0.4) is 0 Å². The van der Waals surface area contributed by atoms with Gasteiger partial charge in [-0.25, -0.2) is 0 Å². The van der Waals surface area contributed by atoms with Crippen LogP contribution in [0.15, 0.2) is 42.5 Å². The second-order valence-electron chi connectivity index (χ2n) is 11.2. The van der Waals surface area contributed by atoms with Crippen LogP contribution in [0.2, 0.25) is 0 Å². The molecule has 1 fully saturated rings. The van der Waals surface area contributed by atoms with Gasteiger partial charge in [0, 0.05) is 62.6 Å². The number of benzene rings is 2. The van der Waals surface area contributed by atoms with Crippen LogP contribution in [0.5, 0.6) is 0 Å². The van der Waals surface area contributed by atoms with Gasteiger partial charge in [-0.1, -0.05) is 38.1 Å². The third kappa shape index (κ3) is 6.92. The average Bonchev–Trinajstić information content (AvgIpc) is 2.92. The van der Waals surface area contributed by atoms with E-state index in [1.54, 1.807) is 0 Å². The van der Waals surface area contributed by atoms with Gasteiger partial charge in [0.05, 0.1) is 0 Å². The molecule has 6 nitrogen and oxygen atoms in total. The molecule has 2 amide bonds. The fraction of sp³-hybridized carbons (Fsp3) is 0.548. The van der Waals surface area contributed by atoms with Crippen molar-refractivity contribution in [1.29, 1.82) is 0 Å². The molecule has 0 atom stereocenters. The van der Waals surface area contributed by atoms with Crippen LogP contribution < -0.4 is 9.80 Å². The molecular formula is C31H44N4O2. The fourth-order valence-electron chi connectivity index (χ4n) is 5.51. The first kappa shape index (κ1) is 27.2. The number of piperidine rings is 1. The topological polar surface area (TPSA) is 47.1 Å². The lowest BCUT2D eigenvalue weighted by atomic mass is 10.0. The number of fused-ring (bicyclic) bond motifs is 1. The first-order valence-electron chi connectivity index (χ1n) is 14.0. The third-order valence-corrected chi connectivity index (χ3v) is 7.64. The largest absolute Gasteiger partial charge is 0.371 e. The summed E-state index contributed by atoms with van der Waals surface area (Å²) in [6, 6.07) is 14.3. The highest BCUT2D eigenvalue weighted by molar-refractivity contribution is 5.96. The Bertz CT molecular complexity index is 1080. The van der Waals surface area contributed by atoms with E-state index in [9.17, 15) is 9.59 Å². The third-order valence-electron chi connectivity index (χ3n) is 7.64. The van der Waals surface area contributed by atoms with E-state index >= 15 is 0 Å². The maximum Gasteiger partial charge on any atom is 0.254 e. The normalized spacial score (nSPS) is 17.9. The average molecular weight is 505 g/mol. The van der Waals surface area contributed by atoms with Crippen LogP contribution in [-0.2, 0) is 11.3 Å². The molecule has 4 rings (SSSR count). The summed E-state index contributed by atoms with van der Waals surface area (Å²) in [5.41, 5.74) is 5.12. The number of carbonyl (C=O) groups excluding carboxylic acids is 2. The first-order valence-corrected chi connectivity index (χ1v) is 14.0. The Hall–Kier alpha value is -2.86. The number of hydrogen-bond donors (Lipinski definition) is 0. The Kier molecular flexibility index (Phi) is 9.25. The summed E-state index contributed by atoms with van der Waals surface area (Å²) in [7, 11) is 2.11. The minimum absolute atomic E-state index is 0.0563. The van der Waals surface area contributed by atoms with Gasteiger partial charge in [-0.3, -0.25) is 9.59 Å². The zero-order valence-electron chi connectivity index (χ0n) is 23.2. The van der Waals surface area contributed by atoms with Crippen LogP contribution >= 0.6 is 0 Å². The number of anilines is 2. The van der Waals surface area contributed by atoms with E-state index in [2.05, 4.69) is 55.8 Å². The molecule has 2 aliphatic rings. The lowest BCUT2D eigenvalue weighted by molar-refractivity contribution is -0.119. The van der Waals surface area contributed by atoms with Gasteiger partial charge in [-0.05, 0) is 81.4 Å². The van der Waals surface area contributed by atoms with Crippen molar-refractivity contribution in [2.45, 2.75) is 59.4 Å². The molecule has 2 heterocycles. The van der Waals surface area contributed by atoms with Crippen molar-refractivity contribution in [3.05, 3.63) is 59.2 Å². The van der Waals surface area contributed by atoms with Crippen molar-refractivity contribution in [2.75, 3.05) is 56.1 Å². The number of amides is 2. The van der Waals surface area contributed by atoms with Crippen molar-refractivity contribution < 1.29 is 9.59 Å². The summed E-state index contributed by atoms with van der Waals surface area (Å²) in [5, 5.41) is 0. The van der Waals surface area contributed by atoms with Gasteiger partial charge in [-0.15, -0.1) is 0 Å². The van der Waals surface area contributed by atoms with Gasteiger partial charge in [0.15, 0.2) is 0 Å². The molecule has 0 N–H and O–H groups in total. The van der Waals surface area contributed by atoms with Gasteiger partial charge in [-0.2, -0.15) is 0 Å². The SMILES string of the molecule is Cc1ccc(C(=O)N2CCN(C)CCCN(C(=O)CC(C)C)c3ccccc3C2)cc1N1CCCCC1. The molecule has 0 radical (unpaired) electrons. The highest BCUT2D eigenvalue weighted by Gasteiger charge is 2.25. The minimum atomic E-state index is 0.0563. The lowest BCUT2D eigenvalue weighted by Gasteiger charge is -2.31. The van der Waals surface area contributed by atoms with E-state index in [-0.39, 0.29) is 11.8 Å². The molecule has 1 saturated heterocycles. The van der Waals surface area contributed by atoms with Crippen LogP contribution in [-0.4, -0.2) is 67.9 Å². The Morgan fingerprint density at radius 1 is 0.838 bits per heavy atom. The molecule has 200 valence electrons. The molecule has 2 aromatic rings. The maximum absolute atomic E-state index is 14.0. The van der Waals surface area contributed by atoms with Gasteiger partial charge in [0.1, 0.15) is 0 Å². The Morgan fingerprint density at radius 2 is 1.59 bits per heavy atom. The molecule has 0 aromatic heterocycles. The smallest absolute Gasteiger partial charge is 0.254 e. The lowest BCUT2D eigenvalue weighted by Crippen LogP contribution is -2.37. The van der Waals surface area contributed by atoms with Crippen molar-refractivity contribution in [1.82, 2.24) is 9.80 Å². The van der Waals surface area contributed by atoms with Crippen LogP contribution in [0.4, 0.5) is 11.4 Å². The van der Waals surface area contributed by atoms with Gasteiger partial charge >= 0.3 is 0 Å². The number of aryl methyl sites for hydroxylation is 1. The number of nitrogens with zero attached hydrogens (tertiary/aromatic N) is 4. The maximum atomic E-state index is 14.0. The van der Waals surface area contributed by atoms with Crippen molar-refractivity contribution in [2.24, 2.45) is 5.92 Å². The van der Waals surface area contributed by atoms with E-state index in [1.165, 1.54) is 30.5 Å². The van der Waals surface area contributed by atoms with E-state index in [0.717, 1.165) is 49.4 Å². The number of likely N-dealkylation sites (N-methyl/N-ethyl adjacent to an activating group) is 1. The summed E-state index contributed by atoms with van der Waals surface area (Å²) < 4.78 is 0. The molecule has 0 saturated carbocycles. The van der Waals surface area contributed by atoms with Crippen LogP contribution in [0.25, 0.3) is 0 Å². The van der Waals surface area contributed by atoms with Gasteiger partial charge in [0.2, 0.25) is 5.91 Å².